The van der Waals surface area contributed by atoms with Crippen molar-refractivity contribution in [2.75, 3.05) is 6.54 Å². The summed E-state index contributed by atoms with van der Waals surface area (Å²) in [6.45, 7) is 4.51. The van der Waals surface area contributed by atoms with E-state index in [4.69, 9.17) is 0 Å². The SMILES string of the molecule is CCC(C)CNS(=O)(=O)c1ccc(Br)cc1Br. The fourth-order valence-corrected chi connectivity index (χ4v) is 4.08. The van der Waals surface area contributed by atoms with Gasteiger partial charge in [-0.1, -0.05) is 36.2 Å². The van der Waals surface area contributed by atoms with Crippen molar-refractivity contribution in [1.29, 1.82) is 0 Å². The van der Waals surface area contributed by atoms with E-state index in [-0.39, 0.29) is 4.90 Å². The third-order valence-electron chi connectivity index (χ3n) is 2.50. The van der Waals surface area contributed by atoms with Gasteiger partial charge in [0.1, 0.15) is 0 Å². The van der Waals surface area contributed by atoms with Gasteiger partial charge in [0.2, 0.25) is 10.0 Å². The Morgan fingerprint density at radius 2 is 2.00 bits per heavy atom. The first-order valence-corrected chi connectivity index (χ1v) is 8.38. The molecule has 1 aromatic carbocycles. The first kappa shape index (κ1) is 15.1. The summed E-state index contributed by atoms with van der Waals surface area (Å²) in [6, 6.07) is 5.01. The van der Waals surface area contributed by atoms with Crippen LogP contribution in [-0.4, -0.2) is 15.0 Å². The van der Waals surface area contributed by atoms with Gasteiger partial charge in [-0.25, -0.2) is 13.1 Å². The summed E-state index contributed by atoms with van der Waals surface area (Å²) in [4.78, 5) is 0.268. The van der Waals surface area contributed by atoms with Crippen LogP contribution >= 0.6 is 31.9 Å². The van der Waals surface area contributed by atoms with Crippen molar-refractivity contribution in [3.05, 3.63) is 27.1 Å². The largest absolute Gasteiger partial charge is 0.241 e. The third-order valence-corrected chi connectivity index (χ3v) is 5.40. The summed E-state index contributed by atoms with van der Waals surface area (Å²) in [5.41, 5.74) is 0. The summed E-state index contributed by atoms with van der Waals surface area (Å²) in [7, 11) is -3.43. The van der Waals surface area contributed by atoms with Gasteiger partial charge in [-0.2, -0.15) is 0 Å². The van der Waals surface area contributed by atoms with Gasteiger partial charge in [0.05, 0.1) is 4.90 Å². The van der Waals surface area contributed by atoms with E-state index in [1.54, 1.807) is 18.2 Å². The summed E-state index contributed by atoms with van der Waals surface area (Å²) in [5, 5.41) is 0. The lowest BCUT2D eigenvalue weighted by molar-refractivity contribution is 0.528. The van der Waals surface area contributed by atoms with E-state index in [9.17, 15) is 8.42 Å². The highest BCUT2D eigenvalue weighted by Crippen LogP contribution is 2.25. The number of halogens is 2. The minimum atomic E-state index is -3.43. The monoisotopic (exact) mass is 383 g/mol. The second-order valence-electron chi connectivity index (χ2n) is 3.94. The minimum absolute atomic E-state index is 0.268. The van der Waals surface area contributed by atoms with Crippen LogP contribution in [0.2, 0.25) is 0 Å². The molecule has 0 fully saturated rings. The van der Waals surface area contributed by atoms with Crippen LogP contribution in [0.15, 0.2) is 32.0 Å². The summed E-state index contributed by atoms with van der Waals surface area (Å²) >= 11 is 6.55. The Labute approximate surface area is 119 Å². The second kappa shape index (κ2) is 6.31. The molecule has 3 nitrogen and oxygen atoms in total. The smallest absolute Gasteiger partial charge is 0.211 e. The molecule has 0 aliphatic heterocycles. The Bertz CT molecular complexity index is 488. The zero-order valence-electron chi connectivity index (χ0n) is 9.70. The first-order valence-electron chi connectivity index (χ1n) is 5.31. The van der Waals surface area contributed by atoms with Crippen molar-refractivity contribution in [2.45, 2.75) is 25.2 Å². The van der Waals surface area contributed by atoms with Crippen molar-refractivity contribution >= 4 is 41.9 Å². The molecular weight excluding hydrogens is 370 g/mol. The quantitative estimate of drug-likeness (QED) is 0.843. The van der Waals surface area contributed by atoms with E-state index in [1.165, 1.54) is 0 Å². The van der Waals surface area contributed by atoms with Crippen LogP contribution in [0.3, 0.4) is 0 Å². The van der Waals surface area contributed by atoms with Crippen molar-refractivity contribution in [2.24, 2.45) is 5.92 Å². The van der Waals surface area contributed by atoms with Crippen molar-refractivity contribution < 1.29 is 8.42 Å². The number of hydrogen-bond acceptors (Lipinski definition) is 2. The van der Waals surface area contributed by atoms with Crippen molar-refractivity contribution in [1.82, 2.24) is 4.72 Å². The van der Waals surface area contributed by atoms with Gasteiger partial charge in [-0.3, -0.25) is 0 Å². The maximum absolute atomic E-state index is 12.0. The molecule has 0 bridgehead atoms. The number of benzene rings is 1. The number of hydrogen-bond donors (Lipinski definition) is 1. The highest BCUT2D eigenvalue weighted by Gasteiger charge is 2.17. The molecule has 0 radical (unpaired) electrons. The van der Waals surface area contributed by atoms with Gasteiger partial charge in [0.25, 0.3) is 0 Å². The Balaban J connectivity index is 2.90. The summed E-state index contributed by atoms with van der Waals surface area (Å²) in [6.07, 6.45) is 0.948. The molecule has 0 saturated carbocycles. The number of sulfonamides is 1. The van der Waals surface area contributed by atoms with Crippen LogP contribution in [-0.2, 0) is 10.0 Å². The first-order chi connectivity index (χ1) is 7.86. The maximum atomic E-state index is 12.0. The molecule has 96 valence electrons. The van der Waals surface area contributed by atoms with Crippen molar-refractivity contribution in [3.63, 3.8) is 0 Å². The van der Waals surface area contributed by atoms with Crippen LogP contribution in [0.4, 0.5) is 0 Å². The van der Waals surface area contributed by atoms with Crippen molar-refractivity contribution in [3.8, 4) is 0 Å². The molecular formula is C11H15Br2NO2S. The molecule has 0 amide bonds. The average Bonchev–Trinajstić information content (AvgIpc) is 2.25. The minimum Gasteiger partial charge on any atom is -0.211 e. The predicted molar refractivity (Wildman–Crippen MR) is 76.5 cm³/mol. The zero-order chi connectivity index (χ0) is 13.1. The molecule has 0 heterocycles. The average molecular weight is 385 g/mol. The van der Waals surface area contributed by atoms with Gasteiger partial charge >= 0.3 is 0 Å². The van der Waals surface area contributed by atoms with Crippen LogP contribution < -0.4 is 4.72 Å². The van der Waals surface area contributed by atoms with Gasteiger partial charge in [-0.05, 0) is 40.0 Å². The molecule has 0 saturated heterocycles. The van der Waals surface area contributed by atoms with Gasteiger partial charge in [-0.15, -0.1) is 0 Å². The molecule has 17 heavy (non-hydrogen) atoms. The van der Waals surface area contributed by atoms with Crippen LogP contribution in [0, 0.1) is 5.92 Å². The highest BCUT2D eigenvalue weighted by atomic mass is 79.9. The second-order valence-corrected chi connectivity index (χ2v) is 7.45. The topological polar surface area (TPSA) is 46.2 Å². The zero-order valence-corrected chi connectivity index (χ0v) is 13.7. The predicted octanol–water partition coefficient (Wildman–Crippen LogP) is 3.54. The van der Waals surface area contributed by atoms with Gasteiger partial charge < -0.3 is 0 Å². The Kier molecular flexibility index (Phi) is 5.63. The van der Waals surface area contributed by atoms with Crippen LogP contribution in [0.5, 0.6) is 0 Å². The molecule has 6 heteroatoms. The Morgan fingerprint density at radius 1 is 1.35 bits per heavy atom. The summed E-state index contributed by atoms with van der Waals surface area (Å²) < 4.78 is 28.1. The van der Waals surface area contributed by atoms with E-state index in [0.29, 0.717) is 16.9 Å². The van der Waals surface area contributed by atoms with E-state index in [0.717, 1.165) is 10.9 Å². The van der Waals surface area contributed by atoms with Gasteiger partial charge in [0.15, 0.2) is 0 Å². The molecule has 1 atom stereocenters. The molecule has 1 aromatic rings. The lowest BCUT2D eigenvalue weighted by atomic mass is 10.1. The number of rotatable bonds is 5. The fraction of sp³-hybridized carbons (Fsp3) is 0.455. The normalized spacial score (nSPS) is 13.6. The fourth-order valence-electron chi connectivity index (χ4n) is 1.17. The molecule has 0 aliphatic carbocycles. The molecule has 1 rings (SSSR count). The standard InChI is InChI=1S/C11H15Br2NO2S/c1-3-8(2)7-14-17(15,16)11-5-4-9(12)6-10(11)13/h4-6,8,14H,3,7H2,1-2H3. The lowest BCUT2D eigenvalue weighted by Gasteiger charge is -2.12. The molecule has 0 aliphatic rings. The summed E-state index contributed by atoms with van der Waals surface area (Å²) in [5.74, 6) is 0.332. The highest BCUT2D eigenvalue weighted by molar-refractivity contribution is 9.11. The van der Waals surface area contributed by atoms with E-state index < -0.39 is 10.0 Å². The Morgan fingerprint density at radius 3 is 2.53 bits per heavy atom. The van der Waals surface area contributed by atoms with Crippen LogP contribution in [0.25, 0.3) is 0 Å². The Hall–Kier alpha value is 0.0900. The molecule has 1 unspecified atom stereocenters. The van der Waals surface area contributed by atoms with E-state index in [2.05, 4.69) is 36.6 Å². The van der Waals surface area contributed by atoms with E-state index in [1.807, 2.05) is 13.8 Å². The maximum Gasteiger partial charge on any atom is 0.241 e. The number of nitrogens with one attached hydrogen (secondary N) is 1. The molecule has 0 aromatic heterocycles. The van der Waals surface area contributed by atoms with Crippen LogP contribution in [0.1, 0.15) is 20.3 Å². The van der Waals surface area contributed by atoms with Gasteiger partial charge in [0, 0.05) is 15.5 Å². The molecule has 0 spiro atoms. The third kappa shape index (κ3) is 4.35. The lowest BCUT2D eigenvalue weighted by Crippen LogP contribution is -2.28. The van der Waals surface area contributed by atoms with E-state index >= 15 is 0 Å². The molecule has 1 N–H and O–H groups in total.